The van der Waals surface area contributed by atoms with Gasteiger partial charge in [0.1, 0.15) is 0 Å². The lowest BCUT2D eigenvalue weighted by atomic mass is 9.97. The average molecular weight is 312 g/mol. The highest BCUT2D eigenvalue weighted by atomic mass is 32.2. The fraction of sp³-hybridized carbons (Fsp3) is 0.600. The van der Waals surface area contributed by atoms with Crippen LogP contribution >= 0.6 is 0 Å². The van der Waals surface area contributed by atoms with Crippen molar-refractivity contribution in [2.75, 3.05) is 20.2 Å². The fourth-order valence-electron chi connectivity index (χ4n) is 2.80. The number of hydrogen-bond acceptors (Lipinski definition) is 4. The van der Waals surface area contributed by atoms with Gasteiger partial charge in [0.15, 0.2) is 0 Å². The van der Waals surface area contributed by atoms with Gasteiger partial charge in [-0.3, -0.25) is 0 Å². The second-order valence-electron chi connectivity index (χ2n) is 5.71. The number of sulfonamides is 1. The van der Waals surface area contributed by atoms with Crippen molar-refractivity contribution in [3.05, 3.63) is 29.3 Å². The minimum Gasteiger partial charge on any atom is -0.380 e. The number of nitrogens with zero attached hydrogens (tertiary/aromatic N) is 1. The van der Waals surface area contributed by atoms with Crippen LogP contribution in [0.15, 0.2) is 23.1 Å². The monoisotopic (exact) mass is 312 g/mol. The normalized spacial score (nSPS) is 24.2. The van der Waals surface area contributed by atoms with E-state index in [0.717, 1.165) is 17.5 Å². The van der Waals surface area contributed by atoms with Crippen LogP contribution in [0.1, 0.15) is 24.5 Å². The van der Waals surface area contributed by atoms with Crippen molar-refractivity contribution in [3.63, 3.8) is 0 Å². The van der Waals surface area contributed by atoms with Gasteiger partial charge in [-0.05, 0) is 36.5 Å². The van der Waals surface area contributed by atoms with E-state index in [0.29, 0.717) is 30.4 Å². The summed E-state index contributed by atoms with van der Waals surface area (Å²) in [6, 6.07) is 5.28. The third-order valence-corrected chi connectivity index (χ3v) is 6.27. The standard InChI is InChI=1S/C15H24N2O3S/c1-11-6-7-17(10-14(11)20-3)21(18,19)15-5-4-13(9-16)8-12(15)2/h4-5,8,11,14H,6-7,9-10,16H2,1-3H3. The molecule has 1 saturated heterocycles. The Morgan fingerprint density at radius 1 is 1.43 bits per heavy atom. The summed E-state index contributed by atoms with van der Waals surface area (Å²) in [7, 11) is -1.83. The van der Waals surface area contributed by atoms with Crippen LogP contribution in [0.2, 0.25) is 0 Å². The van der Waals surface area contributed by atoms with Crippen LogP contribution in [0, 0.1) is 12.8 Å². The first kappa shape index (κ1) is 16.4. The molecule has 0 aliphatic carbocycles. The molecule has 2 rings (SSSR count). The SMILES string of the molecule is COC1CN(S(=O)(=O)c2ccc(CN)cc2C)CCC1C. The molecule has 0 radical (unpaired) electrons. The lowest BCUT2D eigenvalue weighted by Gasteiger charge is -2.35. The lowest BCUT2D eigenvalue weighted by Crippen LogP contribution is -2.46. The van der Waals surface area contributed by atoms with Crippen molar-refractivity contribution in [2.45, 2.75) is 37.8 Å². The molecule has 1 aliphatic rings. The Morgan fingerprint density at radius 2 is 2.14 bits per heavy atom. The molecular formula is C15H24N2O3S. The van der Waals surface area contributed by atoms with Crippen LogP contribution in [0.3, 0.4) is 0 Å². The van der Waals surface area contributed by atoms with E-state index in [-0.39, 0.29) is 6.10 Å². The van der Waals surface area contributed by atoms with E-state index in [1.54, 1.807) is 19.2 Å². The van der Waals surface area contributed by atoms with E-state index in [1.807, 2.05) is 13.0 Å². The van der Waals surface area contributed by atoms with Crippen LogP contribution in [0.5, 0.6) is 0 Å². The fourth-order valence-corrected chi connectivity index (χ4v) is 4.47. The summed E-state index contributed by atoms with van der Waals surface area (Å²) in [4.78, 5) is 0.365. The molecule has 1 aliphatic heterocycles. The molecule has 2 N–H and O–H groups in total. The summed E-state index contributed by atoms with van der Waals surface area (Å²) in [6.45, 7) is 5.28. The molecular weight excluding hydrogens is 288 g/mol. The number of piperidine rings is 1. The third-order valence-electron chi connectivity index (χ3n) is 4.25. The van der Waals surface area contributed by atoms with Gasteiger partial charge in [0, 0.05) is 26.7 Å². The van der Waals surface area contributed by atoms with E-state index < -0.39 is 10.0 Å². The quantitative estimate of drug-likeness (QED) is 0.914. The van der Waals surface area contributed by atoms with Crippen molar-refractivity contribution in [1.82, 2.24) is 4.31 Å². The van der Waals surface area contributed by atoms with Crippen molar-refractivity contribution < 1.29 is 13.2 Å². The Balaban J connectivity index is 2.30. The molecule has 1 heterocycles. The van der Waals surface area contributed by atoms with Crippen molar-refractivity contribution in [3.8, 4) is 0 Å². The topological polar surface area (TPSA) is 72.6 Å². The number of aryl methyl sites for hydroxylation is 1. The van der Waals surface area contributed by atoms with Gasteiger partial charge >= 0.3 is 0 Å². The highest BCUT2D eigenvalue weighted by Gasteiger charge is 2.34. The Morgan fingerprint density at radius 3 is 2.71 bits per heavy atom. The second kappa shape index (κ2) is 6.44. The summed E-state index contributed by atoms with van der Waals surface area (Å²) in [6.07, 6.45) is 0.773. The number of nitrogens with two attached hydrogens (primary N) is 1. The van der Waals surface area contributed by atoms with Crippen LogP contribution in [-0.4, -0.2) is 39.0 Å². The number of ether oxygens (including phenoxy) is 1. The molecule has 6 heteroatoms. The molecule has 1 fully saturated rings. The predicted octanol–water partition coefficient (Wildman–Crippen LogP) is 1.50. The molecule has 21 heavy (non-hydrogen) atoms. The Bertz CT molecular complexity index is 601. The van der Waals surface area contributed by atoms with Crippen LogP contribution in [0.25, 0.3) is 0 Å². The second-order valence-corrected chi connectivity index (χ2v) is 7.61. The zero-order valence-electron chi connectivity index (χ0n) is 12.9. The summed E-state index contributed by atoms with van der Waals surface area (Å²) in [5, 5.41) is 0. The highest BCUT2D eigenvalue weighted by molar-refractivity contribution is 7.89. The molecule has 118 valence electrons. The molecule has 1 aromatic rings. The highest BCUT2D eigenvalue weighted by Crippen LogP contribution is 2.27. The largest absolute Gasteiger partial charge is 0.380 e. The zero-order valence-corrected chi connectivity index (χ0v) is 13.7. The number of hydrogen-bond donors (Lipinski definition) is 1. The number of methoxy groups -OCH3 is 1. The van der Waals surface area contributed by atoms with Crippen molar-refractivity contribution in [2.24, 2.45) is 11.7 Å². The van der Waals surface area contributed by atoms with Gasteiger partial charge in [-0.2, -0.15) is 4.31 Å². The first-order valence-corrected chi connectivity index (χ1v) is 8.66. The van der Waals surface area contributed by atoms with E-state index in [2.05, 4.69) is 6.92 Å². The van der Waals surface area contributed by atoms with Gasteiger partial charge < -0.3 is 10.5 Å². The van der Waals surface area contributed by atoms with Gasteiger partial charge in [0.25, 0.3) is 0 Å². The maximum absolute atomic E-state index is 12.8. The molecule has 0 aromatic heterocycles. The molecule has 2 atom stereocenters. The Hall–Kier alpha value is -0.950. The van der Waals surface area contributed by atoms with Crippen LogP contribution in [-0.2, 0) is 21.3 Å². The Labute approximate surface area is 127 Å². The zero-order chi connectivity index (χ0) is 15.6. The van der Waals surface area contributed by atoms with Gasteiger partial charge in [0.2, 0.25) is 10.0 Å². The van der Waals surface area contributed by atoms with Crippen LogP contribution in [0.4, 0.5) is 0 Å². The van der Waals surface area contributed by atoms with E-state index >= 15 is 0 Å². The van der Waals surface area contributed by atoms with Gasteiger partial charge in [-0.15, -0.1) is 0 Å². The molecule has 2 unspecified atom stereocenters. The molecule has 0 bridgehead atoms. The average Bonchev–Trinajstić information content (AvgIpc) is 2.47. The summed E-state index contributed by atoms with van der Waals surface area (Å²) in [5.74, 6) is 0.377. The number of benzene rings is 1. The summed E-state index contributed by atoms with van der Waals surface area (Å²) >= 11 is 0. The van der Waals surface area contributed by atoms with Gasteiger partial charge in [0.05, 0.1) is 11.0 Å². The van der Waals surface area contributed by atoms with Crippen LogP contribution < -0.4 is 5.73 Å². The Kier molecular flexibility index (Phi) is 5.03. The van der Waals surface area contributed by atoms with Crippen molar-refractivity contribution in [1.29, 1.82) is 0 Å². The first-order chi connectivity index (χ1) is 9.90. The molecule has 0 amide bonds. The van der Waals surface area contributed by atoms with Crippen molar-refractivity contribution >= 4 is 10.0 Å². The lowest BCUT2D eigenvalue weighted by molar-refractivity contribution is 0.0183. The molecule has 1 aromatic carbocycles. The van der Waals surface area contributed by atoms with E-state index in [9.17, 15) is 8.42 Å². The first-order valence-electron chi connectivity index (χ1n) is 7.22. The number of rotatable bonds is 4. The van der Waals surface area contributed by atoms with E-state index in [4.69, 9.17) is 10.5 Å². The van der Waals surface area contributed by atoms with Gasteiger partial charge in [-0.25, -0.2) is 8.42 Å². The van der Waals surface area contributed by atoms with E-state index in [1.165, 1.54) is 4.31 Å². The molecule has 5 nitrogen and oxygen atoms in total. The maximum atomic E-state index is 12.8. The minimum absolute atomic E-state index is 0.0443. The predicted molar refractivity (Wildman–Crippen MR) is 82.4 cm³/mol. The smallest absolute Gasteiger partial charge is 0.243 e. The summed E-state index contributed by atoms with van der Waals surface area (Å²) < 4.78 is 32.6. The molecule has 0 spiro atoms. The maximum Gasteiger partial charge on any atom is 0.243 e. The third kappa shape index (κ3) is 3.29. The summed E-state index contributed by atoms with van der Waals surface area (Å²) in [5.41, 5.74) is 7.28. The van der Waals surface area contributed by atoms with Gasteiger partial charge in [-0.1, -0.05) is 19.1 Å². The molecule has 0 saturated carbocycles. The minimum atomic E-state index is -3.47.